The van der Waals surface area contributed by atoms with Crippen molar-refractivity contribution >= 4 is 33.7 Å². The fraction of sp³-hybridized carbons (Fsp3) is 0.250. The Morgan fingerprint density at radius 1 is 1.19 bits per heavy atom. The Balaban J connectivity index is 2.22. The Bertz CT molecular complexity index is 890. The van der Waals surface area contributed by atoms with Gasteiger partial charge in [0.1, 0.15) is 0 Å². The zero-order valence-corrected chi connectivity index (χ0v) is 15.7. The number of hydrogen-bond donors (Lipinski definition) is 3. The number of carbonyl (C=O) groups is 2. The molecule has 1 amide bonds. The summed E-state index contributed by atoms with van der Waals surface area (Å²) in [5.74, 6) is -2.01. The van der Waals surface area contributed by atoms with Crippen LogP contribution < -0.4 is 10.0 Å². The average molecular weight is 398 g/mol. The number of carboxylic acid groups (broad SMARTS) is 1. The molecular weight excluding hydrogens is 380 g/mol. The molecule has 1 heterocycles. The summed E-state index contributed by atoms with van der Waals surface area (Å²) in [6.45, 7) is 0. The molecule has 26 heavy (non-hydrogen) atoms. The second-order valence-electron chi connectivity index (χ2n) is 5.22. The van der Waals surface area contributed by atoms with Crippen LogP contribution in [0.5, 0.6) is 0 Å². The van der Waals surface area contributed by atoms with E-state index in [9.17, 15) is 18.0 Å². The standard InChI is InChI=1S/C16H18N2O6S2/c1-17-26(22,23)15-8-7-13(24-15)16(21)18-12(9-14(19)20)10-3-5-11(25-2)6-4-10/h3-8,12,17H,9H2,1-2H3,(H,18,21)(H,19,20). The van der Waals surface area contributed by atoms with E-state index in [2.05, 4.69) is 10.0 Å². The number of carboxylic acids is 1. The lowest BCUT2D eigenvalue weighted by molar-refractivity contribution is -0.137. The van der Waals surface area contributed by atoms with Crippen LogP contribution in [-0.2, 0) is 14.8 Å². The fourth-order valence-electron chi connectivity index (χ4n) is 2.18. The maximum absolute atomic E-state index is 12.3. The van der Waals surface area contributed by atoms with Crippen molar-refractivity contribution in [2.45, 2.75) is 22.5 Å². The topological polar surface area (TPSA) is 126 Å². The highest BCUT2D eigenvalue weighted by atomic mass is 32.2. The van der Waals surface area contributed by atoms with Gasteiger partial charge >= 0.3 is 5.97 Å². The average Bonchev–Trinajstić information content (AvgIpc) is 3.12. The Morgan fingerprint density at radius 2 is 1.85 bits per heavy atom. The van der Waals surface area contributed by atoms with Crippen molar-refractivity contribution in [2.24, 2.45) is 0 Å². The SMILES string of the molecule is CNS(=O)(=O)c1ccc(C(=O)NC(CC(=O)O)c2ccc(SC)cc2)o1. The molecule has 0 aliphatic carbocycles. The number of aliphatic carboxylic acids is 1. The number of rotatable bonds is 8. The summed E-state index contributed by atoms with van der Waals surface area (Å²) in [5, 5.41) is 11.3. The molecule has 0 spiro atoms. The van der Waals surface area contributed by atoms with Crippen LogP contribution in [0.15, 0.2) is 50.8 Å². The second-order valence-corrected chi connectivity index (χ2v) is 7.92. The normalized spacial score (nSPS) is 12.5. The zero-order valence-electron chi connectivity index (χ0n) is 14.1. The van der Waals surface area contributed by atoms with Crippen molar-refractivity contribution in [1.29, 1.82) is 0 Å². The predicted octanol–water partition coefficient (Wildman–Crippen LogP) is 1.86. The van der Waals surface area contributed by atoms with Gasteiger partial charge in [0.05, 0.1) is 12.5 Å². The number of nitrogens with one attached hydrogen (secondary N) is 2. The van der Waals surface area contributed by atoms with Gasteiger partial charge in [-0.1, -0.05) is 12.1 Å². The van der Waals surface area contributed by atoms with Crippen LogP contribution in [0.2, 0.25) is 0 Å². The molecule has 0 aliphatic rings. The van der Waals surface area contributed by atoms with Crippen molar-refractivity contribution in [2.75, 3.05) is 13.3 Å². The van der Waals surface area contributed by atoms with Gasteiger partial charge in [-0.25, -0.2) is 13.1 Å². The Hall–Kier alpha value is -2.30. The van der Waals surface area contributed by atoms with Crippen LogP contribution in [0.1, 0.15) is 28.6 Å². The van der Waals surface area contributed by atoms with E-state index in [0.717, 1.165) is 11.0 Å². The minimum absolute atomic E-state index is 0.227. The molecule has 2 rings (SSSR count). The van der Waals surface area contributed by atoms with E-state index >= 15 is 0 Å². The second kappa shape index (κ2) is 8.39. The first-order valence-corrected chi connectivity index (χ1v) is 10.2. The van der Waals surface area contributed by atoms with Gasteiger partial charge in [-0.2, -0.15) is 0 Å². The summed E-state index contributed by atoms with van der Waals surface area (Å²) in [4.78, 5) is 24.5. The van der Waals surface area contributed by atoms with Gasteiger partial charge in [0.2, 0.25) is 5.09 Å². The summed E-state index contributed by atoms with van der Waals surface area (Å²) < 4.78 is 30.5. The van der Waals surface area contributed by atoms with Gasteiger partial charge in [0.25, 0.3) is 15.9 Å². The lowest BCUT2D eigenvalue weighted by atomic mass is 10.0. The lowest BCUT2D eigenvalue weighted by Crippen LogP contribution is -2.30. The summed E-state index contributed by atoms with van der Waals surface area (Å²) >= 11 is 1.54. The predicted molar refractivity (Wildman–Crippen MR) is 95.6 cm³/mol. The molecular formula is C16H18N2O6S2. The molecule has 10 heteroatoms. The highest BCUT2D eigenvalue weighted by Gasteiger charge is 2.23. The van der Waals surface area contributed by atoms with Crippen LogP contribution in [0.25, 0.3) is 0 Å². The van der Waals surface area contributed by atoms with Crippen molar-refractivity contribution < 1.29 is 27.5 Å². The number of thioether (sulfide) groups is 1. The highest BCUT2D eigenvalue weighted by molar-refractivity contribution is 7.98. The molecule has 1 aromatic carbocycles. The maximum atomic E-state index is 12.3. The van der Waals surface area contributed by atoms with Gasteiger partial charge in [0.15, 0.2) is 5.76 Å². The van der Waals surface area contributed by atoms with Crippen LogP contribution in [0.4, 0.5) is 0 Å². The van der Waals surface area contributed by atoms with E-state index in [1.165, 1.54) is 24.9 Å². The largest absolute Gasteiger partial charge is 0.481 e. The molecule has 2 aromatic rings. The summed E-state index contributed by atoms with van der Waals surface area (Å²) in [6, 6.07) is 8.70. The monoisotopic (exact) mass is 398 g/mol. The first-order chi connectivity index (χ1) is 12.3. The van der Waals surface area contributed by atoms with Crippen LogP contribution in [0.3, 0.4) is 0 Å². The molecule has 140 valence electrons. The highest BCUT2D eigenvalue weighted by Crippen LogP contribution is 2.22. The van der Waals surface area contributed by atoms with Crippen molar-refractivity contribution in [3.05, 3.63) is 47.7 Å². The van der Waals surface area contributed by atoms with E-state index in [1.807, 2.05) is 18.4 Å². The van der Waals surface area contributed by atoms with E-state index in [4.69, 9.17) is 9.52 Å². The van der Waals surface area contributed by atoms with Crippen LogP contribution >= 0.6 is 11.8 Å². The van der Waals surface area contributed by atoms with Crippen molar-refractivity contribution in [3.8, 4) is 0 Å². The third-order valence-electron chi connectivity index (χ3n) is 3.54. The van der Waals surface area contributed by atoms with Gasteiger partial charge in [-0.05, 0) is 43.1 Å². The third-order valence-corrected chi connectivity index (χ3v) is 5.57. The molecule has 3 N–H and O–H groups in total. The number of amides is 1. The minimum Gasteiger partial charge on any atom is -0.481 e. The van der Waals surface area contributed by atoms with E-state index in [-0.39, 0.29) is 12.2 Å². The molecule has 0 saturated carbocycles. The van der Waals surface area contributed by atoms with Gasteiger partial charge in [-0.15, -0.1) is 11.8 Å². The lowest BCUT2D eigenvalue weighted by Gasteiger charge is -2.17. The first-order valence-electron chi connectivity index (χ1n) is 7.47. The number of carbonyl (C=O) groups excluding carboxylic acids is 1. The molecule has 0 fully saturated rings. The molecule has 0 bridgehead atoms. The molecule has 0 aliphatic heterocycles. The fourth-order valence-corrected chi connectivity index (χ4v) is 3.24. The molecule has 0 saturated heterocycles. The number of hydrogen-bond acceptors (Lipinski definition) is 6. The molecule has 0 radical (unpaired) electrons. The van der Waals surface area contributed by atoms with Crippen molar-refractivity contribution in [1.82, 2.24) is 10.0 Å². The Morgan fingerprint density at radius 3 is 2.38 bits per heavy atom. The van der Waals surface area contributed by atoms with Gasteiger partial charge < -0.3 is 14.8 Å². The van der Waals surface area contributed by atoms with Gasteiger partial charge in [-0.3, -0.25) is 9.59 Å². The van der Waals surface area contributed by atoms with E-state index in [1.54, 1.807) is 12.1 Å². The molecule has 1 unspecified atom stereocenters. The maximum Gasteiger partial charge on any atom is 0.305 e. The van der Waals surface area contributed by atoms with Crippen LogP contribution in [-0.4, -0.2) is 38.7 Å². The molecule has 8 nitrogen and oxygen atoms in total. The summed E-state index contributed by atoms with van der Waals surface area (Å²) in [7, 11) is -2.59. The number of sulfonamides is 1. The molecule has 1 aromatic heterocycles. The summed E-state index contributed by atoms with van der Waals surface area (Å²) in [6.07, 6.45) is 1.59. The van der Waals surface area contributed by atoms with E-state index in [0.29, 0.717) is 5.56 Å². The third kappa shape index (κ3) is 4.87. The smallest absolute Gasteiger partial charge is 0.305 e. The van der Waals surface area contributed by atoms with Crippen LogP contribution in [0, 0.1) is 0 Å². The Kier molecular flexibility index (Phi) is 6.46. The minimum atomic E-state index is -3.81. The van der Waals surface area contributed by atoms with E-state index < -0.39 is 33.0 Å². The summed E-state index contributed by atoms with van der Waals surface area (Å²) in [5.41, 5.74) is 0.619. The zero-order chi connectivity index (χ0) is 19.3. The quantitative estimate of drug-likeness (QED) is 0.579. The molecule has 1 atom stereocenters. The Labute approximate surface area is 155 Å². The van der Waals surface area contributed by atoms with Crippen molar-refractivity contribution in [3.63, 3.8) is 0 Å². The number of benzene rings is 1. The first kappa shape index (κ1) is 20.0. The van der Waals surface area contributed by atoms with Gasteiger partial charge in [0, 0.05) is 4.90 Å². The number of furan rings is 1.